The van der Waals surface area contributed by atoms with E-state index >= 15 is 0 Å². The lowest BCUT2D eigenvalue weighted by atomic mass is 10.2. The third-order valence-electron chi connectivity index (χ3n) is 2.89. The summed E-state index contributed by atoms with van der Waals surface area (Å²) in [5.74, 6) is -0.984. The second kappa shape index (κ2) is 5.57. The van der Waals surface area contributed by atoms with Crippen molar-refractivity contribution in [3.05, 3.63) is 64.8 Å². The second-order valence-electron chi connectivity index (χ2n) is 4.38. The van der Waals surface area contributed by atoms with Crippen LogP contribution < -0.4 is 5.32 Å². The van der Waals surface area contributed by atoms with Gasteiger partial charge in [0, 0.05) is 22.3 Å². The van der Waals surface area contributed by atoms with Gasteiger partial charge in [-0.2, -0.15) is 0 Å². The summed E-state index contributed by atoms with van der Waals surface area (Å²) in [6.45, 7) is 0. The molecule has 1 amide bonds. The highest BCUT2D eigenvalue weighted by Gasteiger charge is 2.10. The van der Waals surface area contributed by atoms with Crippen LogP contribution in [-0.2, 0) is 0 Å². The van der Waals surface area contributed by atoms with Gasteiger partial charge in [0.15, 0.2) is 0 Å². The highest BCUT2D eigenvalue weighted by atomic mass is 79.9. The van der Waals surface area contributed by atoms with Gasteiger partial charge >= 0.3 is 0 Å². The number of amides is 1. The Kier molecular flexibility index (Phi) is 3.62. The van der Waals surface area contributed by atoms with Crippen LogP contribution in [0.3, 0.4) is 0 Å². The Hall–Kier alpha value is -2.34. The zero-order chi connectivity index (χ0) is 14.8. The molecule has 0 saturated heterocycles. The highest BCUT2D eigenvalue weighted by Crippen LogP contribution is 2.24. The first-order chi connectivity index (χ1) is 10.1. The lowest BCUT2D eigenvalue weighted by Gasteiger charge is -2.08. The SMILES string of the molecule is O=C(Nc1cccc2cc(Br)cnc12)c1cncc(F)c1. The van der Waals surface area contributed by atoms with Gasteiger partial charge < -0.3 is 5.32 Å². The largest absolute Gasteiger partial charge is 0.320 e. The number of benzene rings is 1. The summed E-state index contributed by atoms with van der Waals surface area (Å²) in [5, 5.41) is 3.61. The minimum Gasteiger partial charge on any atom is -0.320 e. The minimum atomic E-state index is -0.553. The van der Waals surface area contributed by atoms with Crippen LogP contribution in [0.25, 0.3) is 10.9 Å². The van der Waals surface area contributed by atoms with Crippen LogP contribution in [0.4, 0.5) is 10.1 Å². The predicted molar refractivity (Wildman–Crippen MR) is 81.6 cm³/mol. The molecule has 0 radical (unpaired) electrons. The fourth-order valence-corrected chi connectivity index (χ4v) is 2.31. The summed E-state index contributed by atoms with van der Waals surface area (Å²) in [7, 11) is 0. The number of para-hydroxylation sites is 1. The summed E-state index contributed by atoms with van der Waals surface area (Å²) < 4.78 is 14.0. The number of nitrogens with zero attached hydrogens (tertiary/aromatic N) is 2. The molecule has 0 fully saturated rings. The van der Waals surface area contributed by atoms with Crippen LogP contribution in [0.1, 0.15) is 10.4 Å². The van der Waals surface area contributed by atoms with Gasteiger partial charge in [-0.05, 0) is 34.1 Å². The standard InChI is InChI=1S/C15H9BrFN3O/c16-11-4-9-2-1-3-13(14(9)19-7-11)20-15(21)10-5-12(17)8-18-6-10/h1-8H,(H,20,21). The molecular weight excluding hydrogens is 337 g/mol. The Morgan fingerprint density at radius 1 is 1.19 bits per heavy atom. The normalized spacial score (nSPS) is 10.6. The summed E-state index contributed by atoms with van der Waals surface area (Å²) in [6, 6.07) is 8.50. The molecule has 0 atom stereocenters. The molecule has 2 heterocycles. The topological polar surface area (TPSA) is 54.9 Å². The Morgan fingerprint density at radius 2 is 2.05 bits per heavy atom. The molecule has 6 heteroatoms. The molecule has 3 rings (SSSR count). The Balaban J connectivity index is 1.96. The zero-order valence-electron chi connectivity index (χ0n) is 10.7. The van der Waals surface area contributed by atoms with Crippen molar-refractivity contribution in [3.8, 4) is 0 Å². The molecule has 0 bridgehead atoms. The Morgan fingerprint density at radius 3 is 2.86 bits per heavy atom. The van der Waals surface area contributed by atoms with Crippen LogP contribution in [0.15, 0.2) is 53.4 Å². The monoisotopic (exact) mass is 345 g/mol. The number of carbonyl (C=O) groups excluding carboxylic acids is 1. The van der Waals surface area contributed by atoms with E-state index in [2.05, 4.69) is 31.2 Å². The first-order valence-electron chi connectivity index (χ1n) is 6.10. The Labute approximate surface area is 128 Å². The van der Waals surface area contributed by atoms with E-state index in [0.717, 1.165) is 22.1 Å². The van der Waals surface area contributed by atoms with E-state index < -0.39 is 11.7 Å². The minimum absolute atomic E-state index is 0.157. The van der Waals surface area contributed by atoms with E-state index in [4.69, 9.17) is 0 Å². The van der Waals surface area contributed by atoms with Crippen molar-refractivity contribution in [1.82, 2.24) is 9.97 Å². The number of halogens is 2. The molecule has 2 aromatic heterocycles. The van der Waals surface area contributed by atoms with Crippen LogP contribution in [0, 0.1) is 5.82 Å². The van der Waals surface area contributed by atoms with Gasteiger partial charge in [0.25, 0.3) is 5.91 Å². The quantitative estimate of drug-likeness (QED) is 0.768. The molecule has 0 aliphatic rings. The maximum Gasteiger partial charge on any atom is 0.257 e. The first-order valence-corrected chi connectivity index (χ1v) is 6.89. The summed E-state index contributed by atoms with van der Waals surface area (Å²) >= 11 is 3.35. The zero-order valence-corrected chi connectivity index (χ0v) is 12.3. The van der Waals surface area contributed by atoms with Crippen molar-refractivity contribution >= 4 is 38.4 Å². The van der Waals surface area contributed by atoms with Crippen molar-refractivity contribution in [2.24, 2.45) is 0 Å². The fourth-order valence-electron chi connectivity index (χ4n) is 1.97. The van der Waals surface area contributed by atoms with Gasteiger partial charge in [-0.25, -0.2) is 4.39 Å². The number of anilines is 1. The number of carbonyl (C=O) groups is 1. The van der Waals surface area contributed by atoms with E-state index in [9.17, 15) is 9.18 Å². The molecule has 1 N–H and O–H groups in total. The van der Waals surface area contributed by atoms with E-state index in [-0.39, 0.29) is 5.56 Å². The smallest absolute Gasteiger partial charge is 0.257 e. The molecule has 21 heavy (non-hydrogen) atoms. The molecule has 0 spiro atoms. The molecule has 1 aromatic carbocycles. The van der Waals surface area contributed by atoms with Crippen LogP contribution in [0.5, 0.6) is 0 Å². The first kappa shape index (κ1) is 13.6. The van der Waals surface area contributed by atoms with Crippen molar-refractivity contribution in [2.45, 2.75) is 0 Å². The third-order valence-corrected chi connectivity index (χ3v) is 3.33. The van der Waals surface area contributed by atoms with E-state index in [0.29, 0.717) is 11.2 Å². The number of aromatic nitrogens is 2. The van der Waals surface area contributed by atoms with Crippen molar-refractivity contribution in [3.63, 3.8) is 0 Å². The van der Waals surface area contributed by atoms with E-state index in [1.807, 2.05) is 18.2 Å². The maximum absolute atomic E-state index is 13.1. The van der Waals surface area contributed by atoms with Crippen LogP contribution in [-0.4, -0.2) is 15.9 Å². The molecule has 0 aliphatic heterocycles. The van der Waals surface area contributed by atoms with Gasteiger partial charge in [-0.3, -0.25) is 14.8 Å². The second-order valence-corrected chi connectivity index (χ2v) is 5.29. The summed E-state index contributed by atoms with van der Waals surface area (Å²) in [6.07, 6.45) is 4.02. The van der Waals surface area contributed by atoms with Gasteiger partial charge in [0.05, 0.1) is 23.0 Å². The molecule has 3 aromatic rings. The van der Waals surface area contributed by atoms with Crippen LogP contribution in [0.2, 0.25) is 0 Å². The van der Waals surface area contributed by atoms with Crippen molar-refractivity contribution in [2.75, 3.05) is 5.32 Å². The van der Waals surface area contributed by atoms with Gasteiger partial charge in [-0.1, -0.05) is 12.1 Å². The number of fused-ring (bicyclic) bond motifs is 1. The van der Waals surface area contributed by atoms with E-state index in [1.165, 1.54) is 6.20 Å². The van der Waals surface area contributed by atoms with Gasteiger partial charge in [-0.15, -0.1) is 0 Å². The lowest BCUT2D eigenvalue weighted by Crippen LogP contribution is -2.13. The number of nitrogens with one attached hydrogen (secondary N) is 1. The molecular formula is C15H9BrFN3O. The predicted octanol–water partition coefficient (Wildman–Crippen LogP) is 3.78. The van der Waals surface area contributed by atoms with Crippen LogP contribution >= 0.6 is 15.9 Å². The molecule has 0 unspecified atom stereocenters. The molecule has 0 saturated carbocycles. The van der Waals surface area contributed by atoms with Gasteiger partial charge in [0.2, 0.25) is 0 Å². The molecule has 104 valence electrons. The highest BCUT2D eigenvalue weighted by molar-refractivity contribution is 9.10. The molecule has 4 nitrogen and oxygen atoms in total. The Bertz CT molecular complexity index is 838. The average Bonchev–Trinajstić information content (AvgIpc) is 2.47. The summed E-state index contributed by atoms with van der Waals surface area (Å²) in [5.41, 5.74) is 1.39. The van der Waals surface area contributed by atoms with Gasteiger partial charge in [0.1, 0.15) is 5.82 Å². The number of hydrogen-bond acceptors (Lipinski definition) is 3. The third kappa shape index (κ3) is 2.90. The number of hydrogen-bond donors (Lipinski definition) is 1. The van der Waals surface area contributed by atoms with Crippen molar-refractivity contribution in [1.29, 1.82) is 0 Å². The molecule has 0 aliphatic carbocycles. The maximum atomic E-state index is 13.1. The average molecular weight is 346 g/mol. The number of pyridine rings is 2. The number of rotatable bonds is 2. The summed E-state index contributed by atoms with van der Waals surface area (Å²) in [4.78, 5) is 20.1. The van der Waals surface area contributed by atoms with E-state index in [1.54, 1.807) is 12.3 Å². The fraction of sp³-hybridized carbons (Fsp3) is 0. The van der Waals surface area contributed by atoms with Crippen molar-refractivity contribution < 1.29 is 9.18 Å². The lowest BCUT2D eigenvalue weighted by molar-refractivity contribution is 0.102.